The first-order valence-electron chi connectivity index (χ1n) is 10.5. The van der Waals surface area contributed by atoms with Gasteiger partial charge in [0.25, 0.3) is 0 Å². The second kappa shape index (κ2) is 12.4. The quantitative estimate of drug-likeness (QED) is 0.380. The summed E-state index contributed by atoms with van der Waals surface area (Å²) < 4.78 is 0. The smallest absolute Gasteiger partial charge is 0.119 e. The maximum atomic E-state index is 10.7. The molecule has 1 aromatic carbocycles. The molecule has 0 atom stereocenters. The molecule has 1 N–H and O–H groups in total. The lowest BCUT2D eigenvalue weighted by Gasteiger charge is -2.20. The van der Waals surface area contributed by atoms with Crippen molar-refractivity contribution in [3.63, 3.8) is 0 Å². The Hall–Kier alpha value is -0.980. The number of aryl methyl sites for hydroxylation is 1. The molecule has 1 heteroatoms. The molecule has 0 aliphatic carbocycles. The van der Waals surface area contributed by atoms with Crippen LogP contribution in [0.5, 0.6) is 5.75 Å². The minimum absolute atomic E-state index is 0.569. The Morgan fingerprint density at radius 3 is 1.83 bits per heavy atom. The fourth-order valence-electron chi connectivity index (χ4n) is 3.76. The predicted molar refractivity (Wildman–Crippen MR) is 107 cm³/mol. The number of hydrogen-bond acceptors (Lipinski definition) is 1. The summed E-state index contributed by atoms with van der Waals surface area (Å²) in [6.07, 6.45) is 15.7. The minimum atomic E-state index is 0.569. The molecule has 0 saturated carbocycles. The second-order valence-corrected chi connectivity index (χ2v) is 7.26. The highest BCUT2D eigenvalue weighted by Gasteiger charge is 2.16. The van der Waals surface area contributed by atoms with Gasteiger partial charge in [-0.05, 0) is 66.8 Å². The van der Waals surface area contributed by atoms with E-state index in [-0.39, 0.29) is 0 Å². The summed E-state index contributed by atoms with van der Waals surface area (Å²) in [5, 5.41) is 10.7. The van der Waals surface area contributed by atoms with Gasteiger partial charge in [0.1, 0.15) is 5.75 Å². The average Bonchev–Trinajstić information content (AvgIpc) is 2.57. The molecule has 0 amide bonds. The second-order valence-electron chi connectivity index (χ2n) is 7.26. The molecule has 0 heterocycles. The number of unbranched alkanes of at least 4 members (excludes halogenated alkanes) is 5. The van der Waals surface area contributed by atoms with Crippen LogP contribution in [-0.2, 0) is 25.7 Å². The van der Waals surface area contributed by atoms with Crippen LogP contribution in [0, 0.1) is 0 Å². The van der Waals surface area contributed by atoms with Crippen molar-refractivity contribution in [2.45, 2.75) is 111 Å². The molecular formula is C23H40O. The molecule has 0 aliphatic rings. The van der Waals surface area contributed by atoms with E-state index in [2.05, 4.69) is 33.8 Å². The molecule has 138 valence electrons. The predicted octanol–water partition coefficient (Wildman–Crippen LogP) is 7.15. The minimum Gasteiger partial charge on any atom is -0.508 e. The molecule has 24 heavy (non-hydrogen) atoms. The number of phenols is 1. The highest BCUT2D eigenvalue weighted by atomic mass is 16.3. The van der Waals surface area contributed by atoms with Crippen LogP contribution >= 0.6 is 0 Å². The molecule has 0 radical (unpaired) electrons. The van der Waals surface area contributed by atoms with Gasteiger partial charge in [0.15, 0.2) is 0 Å². The van der Waals surface area contributed by atoms with Crippen molar-refractivity contribution in [1.29, 1.82) is 0 Å². The van der Waals surface area contributed by atoms with Crippen LogP contribution in [0.15, 0.2) is 6.07 Å². The summed E-state index contributed by atoms with van der Waals surface area (Å²) in [5.74, 6) is 0.569. The summed E-state index contributed by atoms with van der Waals surface area (Å²) in [7, 11) is 0. The topological polar surface area (TPSA) is 20.2 Å². The Morgan fingerprint density at radius 1 is 0.583 bits per heavy atom. The van der Waals surface area contributed by atoms with Crippen LogP contribution in [-0.4, -0.2) is 5.11 Å². The summed E-state index contributed by atoms with van der Waals surface area (Å²) >= 11 is 0. The third kappa shape index (κ3) is 6.49. The van der Waals surface area contributed by atoms with Crippen LogP contribution in [0.2, 0.25) is 0 Å². The summed E-state index contributed by atoms with van der Waals surface area (Å²) in [6, 6.07) is 2.09. The number of aromatic hydroxyl groups is 1. The van der Waals surface area contributed by atoms with Gasteiger partial charge in [-0.25, -0.2) is 0 Å². The number of phenolic OH excluding ortho intramolecular Hbond substituents is 1. The number of rotatable bonds is 13. The van der Waals surface area contributed by atoms with E-state index in [0.717, 1.165) is 32.1 Å². The van der Waals surface area contributed by atoms with Gasteiger partial charge in [-0.1, -0.05) is 72.6 Å². The van der Waals surface area contributed by atoms with E-state index in [1.807, 2.05) is 0 Å². The first-order valence-corrected chi connectivity index (χ1v) is 10.5. The van der Waals surface area contributed by atoms with Gasteiger partial charge in [-0.2, -0.15) is 0 Å². The lowest BCUT2D eigenvalue weighted by molar-refractivity contribution is 0.462. The van der Waals surface area contributed by atoms with E-state index >= 15 is 0 Å². The van der Waals surface area contributed by atoms with Crippen molar-refractivity contribution in [3.05, 3.63) is 28.3 Å². The molecule has 1 rings (SSSR count). The van der Waals surface area contributed by atoms with Crippen molar-refractivity contribution in [1.82, 2.24) is 0 Å². The van der Waals surface area contributed by atoms with E-state index in [4.69, 9.17) is 0 Å². The third-order valence-corrected chi connectivity index (χ3v) is 5.07. The Balaban J connectivity index is 3.06. The van der Waals surface area contributed by atoms with Crippen LogP contribution in [0.25, 0.3) is 0 Å². The van der Waals surface area contributed by atoms with Gasteiger partial charge < -0.3 is 5.11 Å². The zero-order valence-corrected chi connectivity index (χ0v) is 16.7. The molecular weight excluding hydrogens is 292 g/mol. The van der Waals surface area contributed by atoms with Gasteiger partial charge >= 0.3 is 0 Å². The molecule has 0 bridgehead atoms. The molecule has 0 aliphatic heterocycles. The van der Waals surface area contributed by atoms with Gasteiger partial charge in [0.2, 0.25) is 0 Å². The first-order chi connectivity index (χ1) is 11.7. The fraction of sp³-hybridized carbons (Fsp3) is 0.739. The van der Waals surface area contributed by atoms with Gasteiger partial charge in [-0.15, -0.1) is 0 Å². The van der Waals surface area contributed by atoms with E-state index < -0.39 is 0 Å². The van der Waals surface area contributed by atoms with E-state index in [1.165, 1.54) is 68.1 Å². The van der Waals surface area contributed by atoms with Gasteiger partial charge in [0, 0.05) is 0 Å². The molecule has 0 spiro atoms. The van der Waals surface area contributed by atoms with Gasteiger partial charge in [0.05, 0.1) is 0 Å². The third-order valence-electron chi connectivity index (χ3n) is 5.07. The monoisotopic (exact) mass is 332 g/mol. The normalized spacial score (nSPS) is 11.2. The highest BCUT2D eigenvalue weighted by Crippen LogP contribution is 2.33. The zero-order chi connectivity index (χ0) is 17.8. The van der Waals surface area contributed by atoms with Crippen molar-refractivity contribution < 1.29 is 5.11 Å². The lowest BCUT2D eigenvalue weighted by Crippen LogP contribution is -2.06. The van der Waals surface area contributed by atoms with Crippen LogP contribution in [0.1, 0.15) is 108 Å². The van der Waals surface area contributed by atoms with Crippen molar-refractivity contribution in [2.75, 3.05) is 0 Å². The van der Waals surface area contributed by atoms with E-state index in [1.54, 1.807) is 5.56 Å². The first kappa shape index (κ1) is 21.1. The van der Waals surface area contributed by atoms with E-state index in [9.17, 15) is 5.11 Å². The Labute approximate surface area is 150 Å². The van der Waals surface area contributed by atoms with Crippen molar-refractivity contribution in [2.24, 2.45) is 0 Å². The molecule has 1 aromatic rings. The SMILES string of the molecule is CCCCCCCc1c(O)cc(CCC)c(CCC)c1CCCC. The van der Waals surface area contributed by atoms with Crippen LogP contribution in [0.4, 0.5) is 0 Å². The van der Waals surface area contributed by atoms with Crippen LogP contribution < -0.4 is 0 Å². The lowest BCUT2D eigenvalue weighted by atomic mass is 9.86. The molecule has 1 nitrogen and oxygen atoms in total. The van der Waals surface area contributed by atoms with Crippen molar-refractivity contribution in [3.8, 4) is 5.75 Å². The van der Waals surface area contributed by atoms with Crippen molar-refractivity contribution >= 4 is 0 Å². The Kier molecular flexibility index (Phi) is 10.9. The van der Waals surface area contributed by atoms with Gasteiger partial charge in [-0.3, -0.25) is 0 Å². The Morgan fingerprint density at radius 2 is 1.21 bits per heavy atom. The number of benzene rings is 1. The van der Waals surface area contributed by atoms with E-state index in [0.29, 0.717) is 5.75 Å². The standard InChI is InChI=1S/C23H40O/c1-5-9-11-12-13-17-22-21(16-10-6-2)20(15-8-4)19(14-7-3)18-23(22)24/h18,24H,5-17H2,1-4H3. The summed E-state index contributed by atoms with van der Waals surface area (Å²) in [4.78, 5) is 0. The maximum Gasteiger partial charge on any atom is 0.119 e. The molecule has 0 saturated heterocycles. The molecule has 0 aromatic heterocycles. The van der Waals surface area contributed by atoms with Crippen LogP contribution in [0.3, 0.4) is 0 Å². The zero-order valence-electron chi connectivity index (χ0n) is 16.7. The maximum absolute atomic E-state index is 10.7. The largest absolute Gasteiger partial charge is 0.508 e. The fourth-order valence-corrected chi connectivity index (χ4v) is 3.76. The summed E-state index contributed by atoms with van der Waals surface area (Å²) in [5.41, 5.74) is 5.73. The highest BCUT2D eigenvalue weighted by molar-refractivity contribution is 5.49. The molecule has 0 fully saturated rings. The number of hydrogen-bond donors (Lipinski definition) is 1. The summed E-state index contributed by atoms with van der Waals surface area (Å²) in [6.45, 7) is 9.04. The average molecular weight is 333 g/mol. The Bertz CT molecular complexity index is 462. The molecule has 0 unspecified atom stereocenters.